The fourth-order valence-corrected chi connectivity index (χ4v) is 2.66. The van der Waals surface area contributed by atoms with Crippen LogP contribution in [0.25, 0.3) is 0 Å². The van der Waals surface area contributed by atoms with Crippen LogP contribution in [0.15, 0.2) is 24.3 Å². The summed E-state index contributed by atoms with van der Waals surface area (Å²) in [7, 11) is 6.33. The lowest BCUT2D eigenvalue weighted by Crippen LogP contribution is -2.32. The molecule has 0 heterocycles. The van der Waals surface area contributed by atoms with Crippen LogP contribution >= 0.6 is 0 Å². The fourth-order valence-electron chi connectivity index (χ4n) is 2.66. The van der Waals surface area contributed by atoms with Crippen LogP contribution in [-0.4, -0.2) is 39.2 Å². The molecule has 0 fully saturated rings. The molecule has 0 aliphatic carbocycles. The molecule has 1 aromatic rings. The van der Waals surface area contributed by atoms with Crippen LogP contribution in [-0.2, 0) is 0 Å². The summed E-state index contributed by atoms with van der Waals surface area (Å²) in [6, 6.07) is 8.96. The van der Waals surface area contributed by atoms with Crippen LogP contribution in [0, 0.1) is 5.92 Å². The number of nitrogens with one attached hydrogen (secondary N) is 1. The molecule has 3 nitrogen and oxygen atoms in total. The molecule has 0 saturated heterocycles. The van der Waals surface area contributed by atoms with Gasteiger partial charge in [0.2, 0.25) is 0 Å². The first-order chi connectivity index (χ1) is 9.13. The highest BCUT2D eigenvalue weighted by Gasteiger charge is 2.23. The largest absolute Gasteiger partial charge is 0.494 e. The van der Waals surface area contributed by atoms with Gasteiger partial charge in [0.15, 0.2) is 0 Å². The molecular formula is C16H28N2O. The second-order valence-corrected chi connectivity index (χ2v) is 5.14. The zero-order chi connectivity index (χ0) is 14.3. The molecule has 1 aromatic carbocycles. The van der Waals surface area contributed by atoms with Crippen LogP contribution in [0.1, 0.15) is 31.9 Å². The lowest BCUT2D eigenvalue weighted by atomic mass is 9.90. The number of nitrogens with zero attached hydrogens (tertiary/aromatic N) is 1. The highest BCUT2D eigenvalue weighted by Crippen LogP contribution is 2.30. The van der Waals surface area contributed by atoms with Gasteiger partial charge in [-0.05, 0) is 58.2 Å². The van der Waals surface area contributed by atoms with Crippen molar-refractivity contribution < 1.29 is 4.74 Å². The molecule has 3 heteroatoms. The predicted octanol–water partition coefficient (Wildman–Crippen LogP) is 2.93. The molecule has 0 spiro atoms. The summed E-state index contributed by atoms with van der Waals surface area (Å²) < 4.78 is 5.51. The van der Waals surface area contributed by atoms with E-state index in [0.29, 0.717) is 18.6 Å². The average molecular weight is 264 g/mol. The maximum Gasteiger partial charge on any atom is 0.119 e. The molecule has 108 valence electrons. The monoisotopic (exact) mass is 264 g/mol. The Kier molecular flexibility index (Phi) is 6.89. The maximum atomic E-state index is 5.51. The van der Waals surface area contributed by atoms with E-state index in [2.05, 4.69) is 55.5 Å². The second-order valence-electron chi connectivity index (χ2n) is 5.14. The van der Waals surface area contributed by atoms with Gasteiger partial charge in [-0.2, -0.15) is 0 Å². The molecule has 0 aromatic heterocycles. The minimum Gasteiger partial charge on any atom is -0.494 e. The van der Waals surface area contributed by atoms with Gasteiger partial charge in [0.05, 0.1) is 6.61 Å². The van der Waals surface area contributed by atoms with E-state index >= 15 is 0 Å². The van der Waals surface area contributed by atoms with Crippen molar-refractivity contribution >= 4 is 0 Å². The fraction of sp³-hybridized carbons (Fsp3) is 0.625. The smallest absolute Gasteiger partial charge is 0.119 e. The molecule has 0 saturated carbocycles. The maximum absolute atomic E-state index is 5.51. The summed E-state index contributed by atoms with van der Waals surface area (Å²) in [4.78, 5) is 2.31. The van der Waals surface area contributed by atoms with Gasteiger partial charge in [0.25, 0.3) is 0 Å². The number of hydrogen-bond acceptors (Lipinski definition) is 3. The normalized spacial score (nSPS) is 14.4. The third kappa shape index (κ3) is 4.51. The summed E-state index contributed by atoms with van der Waals surface area (Å²) in [5, 5.41) is 3.30. The van der Waals surface area contributed by atoms with Crippen molar-refractivity contribution in [1.29, 1.82) is 0 Å². The lowest BCUT2D eigenvalue weighted by molar-refractivity contribution is 0.204. The Morgan fingerprint density at radius 1 is 1.16 bits per heavy atom. The summed E-state index contributed by atoms with van der Waals surface area (Å²) >= 11 is 0. The summed E-state index contributed by atoms with van der Waals surface area (Å²) in [6.45, 7) is 6.02. The van der Waals surface area contributed by atoms with Crippen LogP contribution < -0.4 is 10.1 Å². The molecular weight excluding hydrogens is 236 g/mol. The minimum absolute atomic E-state index is 0.438. The highest BCUT2D eigenvalue weighted by atomic mass is 16.5. The zero-order valence-electron chi connectivity index (χ0n) is 12.9. The van der Waals surface area contributed by atoms with Crippen molar-refractivity contribution in [3.8, 4) is 5.75 Å². The summed E-state index contributed by atoms with van der Waals surface area (Å²) in [5.41, 5.74) is 1.36. The number of ether oxygens (including phenoxy) is 1. The van der Waals surface area contributed by atoms with Crippen molar-refractivity contribution in [2.75, 3.05) is 34.3 Å². The molecule has 0 bridgehead atoms. The molecule has 2 unspecified atom stereocenters. The Bertz CT molecular complexity index is 348. The van der Waals surface area contributed by atoms with Gasteiger partial charge in [0.1, 0.15) is 5.75 Å². The van der Waals surface area contributed by atoms with Crippen LogP contribution in [0.2, 0.25) is 0 Å². The molecule has 0 amide bonds. The van der Waals surface area contributed by atoms with Gasteiger partial charge < -0.3 is 15.0 Å². The quantitative estimate of drug-likeness (QED) is 0.781. The number of rotatable bonds is 8. The van der Waals surface area contributed by atoms with E-state index in [9.17, 15) is 0 Å². The van der Waals surface area contributed by atoms with E-state index in [1.165, 1.54) is 5.56 Å². The minimum atomic E-state index is 0.438. The Morgan fingerprint density at radius 3 is 2.21 bits per heavy atom. The van der Waals surface area contributed by atoms with Crippen LogP contribution in [0.5, 0.6) is 5.75 Å². The molecule has 1 rings (SSSR count). The molecule has 19 heavy (non-hydrogen) atoms. The molecule has 0 aliphatic heterocycles. The van der Waals surface area contributed by atoms with Crippen LogP contribution in [0.4, 0.5) is 0 Å². The predicted molar refractivity (Wildman–Crippen MR) is 81.7 cm³/mol. The topological polar surface area (TPSA) is 24.5 Å². The second kappa shape index (κ2) is 8.18. The van der Waals surface area contributed by atoms with Gasteiger partial charge >= 0.3 is 0 Å². The van der Waals surface area contributed by atoms with Crippen molar-refractivity contribution in [2.24, 2.45) is 5.92 Å². The molecule has 1 N–H and O–H groups in total. The van der Waals surface area contributed by atoms with E-state index in [1.54, 1.807) is 0 Å². The first-order valence-corrected chi connectivity index (χ1v) is 7.17. The van der Waals surface area contributed by atoms with Crippen molar-refractivity contribution in [1.82, 2.24) is 10.2 Å². The first kappa shape index (κ1) is 16.0. The van der Waals surface area contributed by atoms with E-state index in [-0.39, 0.29) is 0 Å². The summed E-state index contributed by atoms with van der Waals surface area (Å²) in [6.07, 6.45) is 1.16. The number of hydrogen-bond donors (Lipinski definition) is 1. The van der Waals surface area contributed by atoms with Crippen molar-refractivity contribution in [2.45, 2.75) is 26.3 Å². The van der Waals surface area contributed by atoms with Gasteiger partial charge in [-0.1, -0.05) is 25.5 Å². The van der Waals surface area contributed by atoms with Gasteiger partial charge in [-0.25, -0.2) is 0 Å². The van der Waals surface area contributed by atoms with Gasteiger partial charge in [-0.15, -0.1) is 0 Å². The average Bonchev–Trinajstić information content (AvgIpc) is 2.40. The first-order valence-electron chi connectivity index (χ1n) is 7.17. The zero-order valence-corrected chi connectivity index (χ0v) is 12.9. The Labute approximate surface area is 118 Å². The highest BCUT2D eigenvalue weighted by molar-refractivity contribution is 5.29. The van der Waals surface area contributed by atoms with E-state index in [1.807, 2.05) is 14.0 Å². The molecule has 0 radical (unpaired) electrons. The Balaban J connectivity index is 2.91. The van der Waals surface area contributed by atoms with Crippen LogP contribution in [0.3, 0.4) is 0 Å². The third-order valence-electron chi connectivity index (χ3n) is 3.53. The van der Waals surface area contributed by atoms with Gasteiger partial charge in [0, 0.05) is 6.04 Å². The SMILES string of the molecule is CCOc1ccc(C(C(CC)CNC)N(C)C)cc1. The molecule has 0 aliphatic rings. The lowest BCUT2D eigenvalue weighted by Gasteiger charge is -2.32. The Hall–Kier alpha value is -1.06. The molecule has 2 atom stereocenters. The van der Waals surface area contributed by atoms with Crippen molar-refractivity contribution in [3.05, 3.63) is 29.8 Å². The standard InChI is InChI=1S/C16H28N2O/c1-6-13(12-17-3)16(18(4)5)14-8-10-15(11-9-14)19-7-2/h8-11,13,16-17H,6-7,12H2,1-5H3. The van der Waals surface area contributed by atoms with E-state index < -0.39 is 0 Å². The Morgan fingerprint density at radius 2 is 1.79 bits per heavy atom. The van der Waals surface area contributed by atoms with E-state index in [4.69, 9.17) is 4.74 Å². The van der Waals surface area contributed by atoms with E-state index in [0.717, 1.165) is 18.7 Å². The van der Waals surface area contributed by atoms with Crippen molar-refractivity contribution in [3.63, 3.8) is 0 Å². The van der Waals surface area contributed by atoms with Gasteiger partial charge in [-0.3, -0.25) is 0 Å². The summed E-state index contributed by atoms with van der Waals surface area (Å²) in [5.74, 6) is 1.56. The number of benzene rings is 1. The third-order valence-corrected chi connectivity index (χ3v) is 3.53.